The molecule has 0 aromatic rings. The zero-order valence-corrected chi connectivity index (χ0v) is 10.6. The molecule has 1 fully saturated rings. The third-order valence-corrected chi connectivity index (χ3v) is 3.21. The molecular weight excluding hydrogens is 206 g/mol. The first-order valence-electron chi connectivity index (χ1n) is 5.90. The molecule has 0 aromatic carbocycles. The maximum Gasteiger partial charge on any atom is 0.129 e. The van der Waals surface area contributed by atoms with Gasteiger partial charge in [-0.3, -0.25) is 4.90 Å². The van der Waals surface area contributed by atoms with Crippen LogP contribution in [-0.2, 0) is 14.3 Å². The normalized spacial score (nSPS) is 25.6. The van der Waals surface area contributed by atoms with Crippen LogP contribution in [0.5, 0.6) is 0 Å². The molecule has 1 heterocycles. The van der Waals surface area contributed by atoms with E-state index in [2.05, 4.69) is 18.7 Å². The predicted octanol–water partition coefficient (Wildman–Crippen LogP) is 0.949. The first-order chi connectivity index (χ1) is 7.63. The molecule has 0 amide bonds. The lowest BCUT2D eigenvalue weighted by Crippen LogP contribution is -2.44. The van der Waals surface area contributed by atoms with E-state index in [0.717, 1.165) is 25.8 Å². The summed E-state index contributed by atoms with van der Waals surface area (Å²) in [4.78, 5) is 13.5. The number of carbonyl (C=O) groups excluding carboxylic acids is 1. The van der Waals surface area contributed by atoms with Crippen molar-refractivity contribution in [2.45, 2.75) is 26.3 Å². The first-order valence-corrected chi connectivity index (χ1v) is 5.90. The highest BCUT2D eigenvalue weighted by atomic mass is 16.5. The minimum absolute atomic E-state index is 0.294. The standard InChI is InChI=1S/C12H23NO3/c1-11(2)13(5-7-15-3)8-12(9-14)4-6-16-10-12/h9,11H,4-8,10H2,1-3H3. The van der Waals surface area contributed by atoms with Gasteiger partial charge in [0.1, 0.15) is 6.29 Å². The molecule has 0 aromatic heterocycles. The van der Waals surface area contributed by atoms with Crippen LogP contribution in [0.3, 0.4) is 0 Å². The van der Waals surface area contributed by atoms with Crippen LogP contribution in [0.15, 0.2) is 0 Å². The third-order valence-electron chi connectivity index (χ3n) is 3.21. The number of carbonyl (C=O) groups is 1. The highest BCUT2D eigenvalue weighted by molar-refractivity contribution is 5.60. The molecular formula is C12H23NO3. The maximum absolute atomic E-state index is 11.2. The van der Waals surface area contributed by atoms with Crippen LogP contribution < -0.4 is 0 Å². The van der Waals surface area contributed by atoms with Gasteiger partial charge in [0.2, 0.25) is 0 Å². The summed E-state index contributed by atoms with van der Waals surface area (Å²) in [5.41, 5.74) is -0.294. The van der Waals surface area contributed by atoms with Gasteiger partial charge in [-0.15, -0.1) is 0 Å². The quantitative estimate of drug-likeness (QED) is 0.609. The molecule has 1 atom stereocenters. The molecule has 16 heavy (non-hydrogen) atoms. The van der Waals surface area contributed by atoms with Gasteiger partial charge in [-0.1, -0.05) is 0 Å². The van der Waals surface area contributed by atoms with Crippen LogP contribution in [0.2, 0.25) is 0 Å². The second kappa shape index (κ2) is 6.33. The van der Waals surface area contributed by atoms with Gasteiger partial charge in [-0.25, -0.2) is 0 Å². The van der Waals surface area contributed by atoms with Crippen LogP contribution in [0, 0.1) is 5.41 Å². The van der Waals surface area contributed by atoms with Crippen molar-refractivity contribution in [1.29, 1.82) is 0 Å². The Morgan fingerprint density at radius 1 is 1.56 bits per heavy atom. The number of methoxy groups -OCH3 is 1. The van der Waals surface area contributed by atoms with Gasteiger partial charge in [0.05, 0.1) is 18.6 Å². The summed E-state index contributed by atoms with van der Waals surface area (Å²) < 4.78 is 10.4. The zero-order chi connectivity index (χ0) is 12.0. The van der Waals surface area contributed by atoms with Crippen LogP contribution in [0.25, 0.3) is 0 Å². The lowest BCUT2D eigenvalue weighted by Gasteiger charge is -2.33. The fraction of sp³-hybridized carbons (Fsp3) is 0.917. The van der Waals surface area contributed by atoms with E-state index in [4.69, 9.17) is 9.47 Å². The van der Waals surface area contributed by atoms with E-state index in [1.807, 2.05) is 0 Å². The topological polar surface area (TPSA) is 38.8 Å². The highest BCUT2D eigenvalue weighted by Crippen LogP contribution is 2.27. The van der Waals surface area contributed by atoms with E-state index in [9.17, 15) is 4.79 Å². The SMILES string of the molecule is COCCN(CC1(C=O)CCOC1)C(C)C. The van der Waals surface area contributed by atoms with Crippen molar-refractivity contribution < 1.29 is 14.3 Å². The van der Waals surface area contributed by atoms with Gasteiger partial charge >= 0.3 is 0 Å². The molecule has 1 rings (SSSR count). The average molecular weight is 229 g/mol. The Hall–Kier alpha value is -0.450. The molecule has 0 bridgehead atoms. The Balaban J connectivity index is 2.54. The monoisotopic (exact) mass is 229 g/mol. The molecule has 1 aliphatic heterocycles. The molecule has 1 saturated heterocycles. The number of aldehydes is 1. The Kier molecular flexibility index (Phi) is 5.38. The van der Waals surface area contributed by atoms with E-state index >= 15 is 0 Å². The van der Waals surface area contributed by atoms with Crippen molar-refractivity contribution in [3.8, 4) is 0 Å². The van der Waals surface area contributed by atoms with Gasteiger partial charge in [-0.2, -0.15) is 0 Å². The van der Waals surface area contributed by atoms with Crippen molar-refractivity contribution in [2.75, 3.05) is 40.0 Å². The highest BCUT2D eigenvalue weighted by Gasteiger charge is 2.36. The van der Waals surface area contributed by atoms with Crippen molar-refractivity contribution in [3.05, 3.63) is 0 Å². The molecule has 0 saturated carbocycles. The van der Waals surface area contributed by atoms with E-state index in [1.54, 1.807) is 7.11 Å². The molecule has 4 heteroatoms. The van der Waals surface area contributed by atoms with Gasteiger partial charge in [-0.05, 0) is 20.3 Å². The number of rotatable bonds is 7. The fourth-order valence-corrected chi connectivity index (χ4v) is 2.01. The van der Waals surface area contributed by atoms with Gasteiger partial charge in [0, 0.05) is 32.8 Å². The molecule has 0 N–H and O–H groups in total. The Labute approximate surface area is 97.9 Å². The second-order valence-corrected chi connectivity index (χ2v) is 4.84. The van der Waals surface area contributed by atoms with E-state index in [-0.39, 0.29) is 5.41 Å². The minimum Gasteiger partial charge on any atom is -0.383 e. The Morgan fingerprint density at radius 3 is 2.75 bits per heavy atom. The molecule has 0 radical (unpaired) electrons. The smallest absolute Gasteiger partial charge is 0.129 e. The van der Waals surface area contributed by atoms with Crippen LogP contribution in [0.1, 0.15) is 20.3 Å². The Morgan fingerprint density at radius 2 is 2.31 bits per heavy atom. The van der Waals surface area contributed by atoms with Crippen molar-refractivity contribution in [2.24, 2.45) is 5.41 Å². The van der Waals surface area contributed by atoms with Crippen molar-refractivity contribution in [1.82, 2.24) is 4.90 Å². The van der Waals surface area contributed by atoms with E-state index in [0.29, 0.717) is 25.9 Å². The van der Waals surface area contributed by atoms with Crippen LogP contribution in [0.4, 0.5) is 0 Å². The Bertz CT molecular complexity index is 212. The average Bonchev–Trinajstić information content (AvgIpc) is 2.73. The van der Waals surface area contributed by atoms with E-state index < -0.39 is 0 Å². The summed E-state index contributed by atoms with van der Waals surface area (Å²) in [6.07, 6.45) is 1.91. The fourth-order valence-electron chi connectivity index (χ4n) is 2.01. The number of ether oxygens (including phenoxy) is 2. The molecule has 0 spiro atoms. The van der Waals surface area contributed by atoms with E-state index in [1.165, 1.54) is 0 Å². The summed E-state index contributed by atoms with van der Waals surface area (Å²) in [5, 5.41) is 0. The third kappa shape index (κ3) is 3.54. The summed E-state index contributed by atoms with van der Waals surface area (Å²) in [6, 6.07) is 0.424. The van der Waals surface area contributed by atoms with Crippen molar-refractivity contribution in [3.63, 3.8) is 0 Å². The van der Waals surface area contributed by atoms with Gasteiger partial charge < -0.3 is 14.3 Å². The summed E-state index contributed by atoms with van der Waals surface area (Å²) in [7, 11) is 1.70. The van der Waals surface area contributed by atoms with Crippen LogP contribution >= 0.6 is 0 Å². The lowest BCUT2D eigenvalue weighted by atomic mass is 9.88. The second-order valence-electron chi connectivity index (χ2n) is 4.84. The van der Waals surface area contributed by atoms with Crippen LogP contribution in [-0.4, -0.2) is 57.2 Å². The molecule has 4 nitrogen and oxygen atoms in total. The molecule has 1 aliphatic rings. The molecule has 94 valence electrons. The van der Waals surface area contributed by atoms with Crippen molar-refractivity contribution >= 4 is 6.29 Å². The molecule has 0 aliphatic carbocycles. The lowest BCUT2D eigenvalue weighted by molar-refractivity contribution is -0.117. The largest absolute Gasteiger partial charge is 0.383 e. The number of hydrogen-bond acceptors (Lipinski definition) is 4. The molecule has 1 unspecified atom stereocenters. The number of nitrogens with zero attached hydrogens (tertiary/aromatic N) is 1. The zero-order valence-electron chi connectivity index (χ0n) is 10.6. The number of hydrogen-bond donors (Lipinski definition) is 0. The maximum atomic E-state index is 11.2. The first kappa shape index (κ1) is 13.6. The van der Waals surface area contributed by atoms with Gasteiger partial charge in [0.15, 0.2) is 0 Å². The van der Waals surface area contributed by atoms with Gasteiger partial charge in [0.25, 0.3) is 0 Å². The summed E-state index contributed by atoms with van der Waals surface area (Å²) in [6.45, 7) is 7.89. The summed E-state index contributed by atoms with van der Waals surface area (Å²) >= 11 is 0. The summed E-state index contributed by atoms with van der Waals surface area (Å²) in [5.74, 6) is 0. The predicted molar refractivity (Wildman–Crippen MR) is 62.5 cm³/mol. The minimum atomic E-state index is -0.294.